The molecule has 0 bridgehead atoms. The summed E-state index contributed by atoms with van der Waals surface area (Å²) in [5, 5.41) is 12.5. The van der Waals surface area contributed by atoms with E-state index in [4.69, 9.17) is 0 Å². The summed E-state index contributed by atoms with van der Waals surface area (Å²) in [6.07, 6.45) is 4.98. The highest BCUT2D eigenvalue weighted by Gasteiger charge is 2.32. The third-order valence-corrected chi connectivity index (χ3v) is 3.21. The summed E-state index contributed by atoms with van der Waals surface area (Å²) in [6.45, 7) is 10.3. The zero-order valence-corrected chi connectivity index (χ0v) is 12.0. The summed E-state index contributed by atoms with van der Waals surface area (Å²) in [5.74, 6) is -0.0150. The lowest BCUT2D eigenvalue weighted by atomic mass is 9.94. The zero-order valence-electron chi connectivity index (χ0n) is 12.0. The lowest BCUT2D eigenvalue weighted by molar-refractivity contribution is -0.144. The predicted molar refractivity (Wildman–Crippen MR) is 72.2 cm³/mol. The minimum absolute atomic E-state index is 0.265. The van der Waals surface area contributed by atoms with E-state index in [-0.39, 0.29) is 6.04 Å². The third kappa shape index (κ3) is 6.67. The molecule has 0 aliphatic carbocycles. The van der Waals surface area contributed by atoms with Crippen molar-refractivity contribution in [2.75, 3.05) is 0 Å². The summed E-state index contributed by atoms with van der Waals surface area (Å²) in [6, 6.07) is 0.265. The van der Waals surface area contributed by atoms with Crippen LogP contribution < -0.4 is 5.32 Å². The van der Waals surface area contributed by atoms with Gasteiger partial charge in [-0.1, -0.05) is 40.0 Å². The van der Waals surface area contributed by atoms with E-state index in [0.29, 0.717) is 6.42 Å². The molecule has 17 heavy (non-hydrogen) atoms. The first kappa shape index (κ1) is 16.4. The molecule has 0 aromatic carbocycles. The van der Waals surface area contributed by atoms with Crippen molar-refractivity contribution in [3.05, 3.63) is 0 Å². The molecule has 0 saturated carbocycles. The van der Waals surface area contributed by atoms with E-state index in [1.54, 1.807) is 6.92 Å². The molecule has 0 aliphatic rings. The third-order valence-electron chi connectivity index (χ3n) is 3.21. The van der Waals surface area contributed by atoms with Gasteiger partial charge in [-0.2, -0.15) is 0 Å². The van der Waals surface area contributed by atoms with Gasteiger partial charge in [0.25, 0.3) is 0 Å². The SMILES string of the molecule is CCCC(C)(NC(C)CCCC(C)C)C(=O)O. The molecule has 0 fully saturated rings. The Labute approximate surface area is 106 Å². The van der Waals surface area contributed by atoms with E-state index in [1.165, 1.54) is 6.42 Å². The molecule has 0 heterocycles. The molecule has 3 nitrogen and oxygen atoms in total. The molecule has 2 N–H and O–H groups in total. The smallest absolute Gasteiger partial charge is 0.323 e. The van der Waals surface area contributed by atoms with Gasteiger partial charge in [0.15, 0.2) is 0 Å². The largest absolute Gasteiger partial charge is 0.480 e. The van der Waals surface area contributed by atoms with Crippen LogP contribution in [-0.4, -0.2) is 22.7 Å². The molecule has 3 heteroatoms. The maximum absolute atomic E-state index is 11.3. The van der Waals surface area contributed by atoms with E-state index < -0.39 is 11.5 Å². The number of carboxylic acids is 1. The van der Waals surface area contributed by atoms with Crippen molar-refractivity contribution in [3.8, 4) is 0 Å². The lowest BCUT2D eigenvalue weighted by Crippen LogP contribution is -2.53. The van der Waals surface area contributed by atoms with Crippen molar-refractivity contribution in [2.45, 2.75) is 78.3 Å². The highest BCUT2D eigenvalue weighted by Crippen LogP contribution is 2.16. The van der Waals surface area contributed by atoms with Gasteiger partial charge >= 0.3 is 5.97 Å². The summed E-state index contributed by atoms with van der Waals surface area (Å²) in [4.78, 5) is 11.3. The van der Waals surface area contributed by atoms with Crippen LogP contribution in [0.5, 0.6) is 0 Å². The van der Waals surface area contributed by atoms with Crippen LogP contribution in [0.1, 0.15) is 66.7 Å². The molecule has 2 unspecified atom stereocenters. The number of hydrogen-bond donors (Lipinski definition) is 2. The maximum Gasteiger partial charge on any atom is 0.323 e. The van der Waals surface area contributed by atoms with Gasteiger partial charge in [-0.25, -0.2) is 0 Å². The van der Waals surface area contributed by atoms with Crippen molar-refractivity contribution < 1.29 is 9.90 Å². The van der Waals surface area contributed by atoms with Gasteiger partial charge in [0.2, 0.25) is 0 Å². The standard InChI is InChI=1S/C14H29NO2/c1-6-10-14(5,13(16)17)15-12(4)9-7-8-11(2)3/h11-12,15H,6-10H2,1-5H3,(H,16,17). The van der Waals surface area contributed by atoms with Crippen molar-refractivity contribution in [3.63, 3.8) is 0 Å². The van der Waals surface area contributed by atoms with E-state index in [9.17, 15) is 9.90 Å². The molecule has 0 radical (unpaired) electrons. The van der Waals surface area contributed by atoms with Gasteiger partial charge < -0.3 is 5.11 Å². The van der Waals surface area contributed by atoms with Crippen LogP contribution in [0.25, 0.3) is 0 Å². The van der Waals surface area contributed by atoms with Crippen molar-refractivity contribution in [1.29, 1.82) is 0 Å². The van der Waals surface area contributed by atoms with Gasteiger partial charge in [-0.3, -0.25) is 10.1 Å². The van der Waals surface area contributed by atoms with Crippen LogP contribution in [-0.2, 0) is 4.79 Å². The Morgan fingerprint density at radius 1 is 1.29 bits per heavy atom. The molecule has 0 aliphatic heterocycles. The Balaban J connectivity index is 4.13. The molecule has 0 amide bonds. The molecule has 0 spiro atoms. The Morgan fingerprint density at radius 2 is 1.88 bits per heavy atom. The van der Waals surface area contributed by atoms with Crippen molar-refractivity contribution in [2.24, 2.45) is 5.92 Å². The van der Waals surface area contributed by atoms with Gasteiger partial charge in [-0.05, 0) is 32.6 Å². The molecule has 0 rings (SSSR count). The number of carboxylic acid groups (broad SMARTS) is 1. The lowest BCUT2D eigenvalue weighted by Gasteiger charge is -2.30. The Morgan fingerprint density at radius 3 is 2.29 bits per heavy atom. The van der Waals surface area contributed by atoms with Gasteiger partial charge in [0.05, 0.1) is 0 Å². The second-order valence-corrected chi connectivity index (χ2v) is 5.76. The maximum atomic E-state index is 11.3. The molecule has 0 saturated heterocycles. The van der Waals surface area contributed by atoms with Gasteiger partial charge in [-0.15, -0.1) is 0 Å². The Hall–Kier alpha value is -0.570. The average molecular weight is 243 g/mol. The summed E-state index contributed by atoms with van der Waals surface area (Å²) < 4.78 is 0. The second-order valence-electron chi connectivity index (χ2n) is 5.76. The average Bonchev–Trinajstić information content (AvgIpc) is 2.16. The fourth-order valence-electron chi connectivity index (χ4n) is 2.19. The first-order valence-corrected chi connectivity index (χ1v) is 6.83. The normalized spacial score (nSPS) is 16.8. The summed E-state index contributed by atoms with van der Waals surface area (Å²) in [5.41, 5.74) is -0.772. The molecular weight excluding hydrogens is 214 g/mol. The fourth-order valence-corrected chi connectivity index (χ4v) is 2.19. The highest BCUT2D eigenvalue weighted by atomic mass is 16.4. The molecule has 2 atom stereocenters. The second kappa shape index (κ2) is 7.70. The number of hydrogen-bond acceptors (Lipinski definition) is 2. The van der Waals surface area contributed by atoms with Crippen LogP contribution in [0.4, 0.5) is 0 Å². The van der Waals surface area contributed by atoms with Crippen LogP contribution in [0.2, 0.25) is 0 Å². The highest BCUT2D eigenvalue weighted by molar-refractivity contribution is 5.78. The minimum atomic E-state index is -0.772. The Kier molecular flexibility index (Phi) is 7.44. The quantitative estimate of drug-likeness (QED) is 0.652. The van der Waals surface area contributed by atoms with Crippen molar-refractivity contribution >= 4 is 5.97 Å². The number of nitrogens with one attached hydrogen (secondary N) is 1. The monoisotopic (exact) mass is 243 g/mol. The van der Waals surface area contributed by atoms with Crippen LogP contribution in [0.15, 0.2) is 0 Å². The Bertz CT molecular complexity index is 228. The summed E-state index contributed by atoms with van der Waals surface area (Å²) in [7, 11) is 0. The molecule has 0 aromatic rings. The first-order valence-electron chi connectivity index (χ1n) is 6.83. The molecular formula is C14H29NO2. The van der Waals surface area contributed by atoms with E-state index in [2.05, 4.69) is 26.1 Å². The minimum Gasteiger partial charge on any atom is -0.480 e. The topological polar surface area (TPSA) is 49.3 Å². The van der Waals surface area contributed by atoms with Crippen LogP contribution >= 0.6 is 0 Å². The number of carbonyl (C=O) groups is 1. The number of rotatable bonds is 9. The van der Waals surface area contributed by atoms with Crippen LogP contribution in [0.3, 0.4) is 0 Å². The predicted octanol–water partition coefficient (Wildman–Crippen LogP) is 3.43. The number of aliphatic carboxylic acids is 1. The molecule has 0 aromatic heterocycles. The summed E-state index contributed by atoms with van der Waals surface area (Å²) >= 11 is 0. The fraction of sp³-hybridized carbons (Fsp3) is 0.929. The van der Waals surface area contributed by atoms with Gasteiger partial charge in [0.1, 0.15) is 5.54 Å². The van der Waals surface area contributed by atoms with E-state index in [0.717, 1.165) is 25.2 Å². The van der Waals surface area contributed by atoms with E-state index in [1.807, 2.05) is 6.92 Å². The first-order chi connectivity index (χ1) is 7.81. The van der Waals surface area contributed by atoms with Gasteiger partial charge in [0, 0.05) is 6.04 Å². The van der Waals surface area contributed by atoms with Crippen molar-refractivity contribution in [1.82, 2.24) is 5.32 Å². The molecule has 102 valence electrons. The zero-order chi connectivity index (χ0) is 13.5. The van der Waals surface area contributed by atoms with Crippen LogP contribution in [0, 0.1) is 5.92 Å². The van der Waals surface area contributed by atoms with E-state index >= 15 is 0 Å².